The molecule has 3 rings (SSSR count). The van der Waals surface area contributed by atoms with E-state index in [1.54, 1.807) is 4.90 Å². The van der Waals surface area contributed by atoms with Crippen molar-refractivity contribution in [3.05, 3.63) is 0 Å². The van der Waals surface area contributed by atoms with Crippen molar-refractivity contribution >= 4 is 5.97 Å². The minimum Gasteiger partial charge on any atom is -0.481 e. The van der Waals surface area contributed by atoms with Gasteiger partial charge in [0.2, 0.25) is 0 Å². The van der Waals surface area contributed by atoms with E-state index in [2.05, 4.69) is 11.8 Å². The lowest BCUT2D eigenvalue weighted by Gasteiger charge is -2.29. The molecule has 7 heteroatoms. The first-order chi connectivity index (χ1) is 9.74. The number of hydrogen-bond donors (Lipinski definition) is 1. The lowest BCUT2D eigenvalue weighted by Crippen LogP contribution is -2.48. The van der Waals surface area contributed by atoms with Gasteiger partial charge in [-0.15, -0.1) is 0 Å². The third kappa shape index (κ3) is 2.44. The zero-order valence-electron chi connectivity index (χ0n) is 12.1. The third-order valence-electron chi connectivity index (χ3n) is 5.38. The Hall–Kier alpha value is -0.820. The predicted octanol–water partition coefficient (Wildman–Crippen LogP) is 1.95. The highest BCUT2D eigenvalue weighted by molar-refractivity contribution is 5.76. The molecule has 0 spiro atoms. The number of nitrogens with zero attached hydrogens (tertiary/aromatic N) is 2. The highest BCUT2D eigenvalue weighted by Crippen LogP contribution is 2.47. The van der Waals surface area contributed by atoms with Crippen LogP contribution >= 0.6 is 0 Å². The summed E-state index contributed by atoms with van der Waals surface area (Å²) in [6, 6.07) is 1.04. The molecule has 1 aliphatic carbocycles. The molecule has 2 heterocycles. The number of carboxylic acids is 1. The van der Waals surface area contributed by atoms with Gasteiger partial charge in [-0.1, -0.05) is 0 Å². The van der Waals surface area contributed by atoms with Crippen LogP contribution in [0, 0.1) is 5.41 Å². The molecule has 0 amide bonds. The zero-order valence-corrected chi connectivity index (χ0v) is 12.1. The minimum absolute atomic E-state index is 0.0594. The number of aliphatic carboxylic acids is 1. The van der Waals surface area contributed by atoms with E-state index in [4.69, 9.17) is 5.11 Å². The first-order valence-electron chi connectivity index (χ1n) is 7.54. The van der Waals surface area contributed by atoms with Gasteiger partial charge in [0, 0.05) is 37.8 Å². The van der Waals surface area contributed by atoms with Crippen molar-refractivity contribution < 1.29 is 23.1 Å². The van der Waals surface area contributed by atoms with Crippen LogP contribution < -0.4 is 0 Å². The van der Waals surface area contributed by atoms with Gasteiger partial charge in [0.15, 0.2) is 5.41 Å². The summed E-state index contributed by atoms with van der Waals surface area (Å²) in [6.45, 7) is 2.71. The van der Waals surface area contributed by atoms with Gasteiger partial charge >= 0.3 is 12.1 Å². The standard InChI is InChI=1S/C14H21F3N2O2/c1-9-6-11(7-19(9)10-2-3-10)18-5-4-13(8-18,12(20)21)14(15,16)17/h9-11H,2-8H2,1H3,(H,20,21). The second-order valence-corrected chi connectivity index (χ2v) is 6.77. The van der Waals surface area contributed by atoms with Crippen LogP contribution in [0.2, 0.25) is 0 Å². The van der Waals surface area contributed by atoms with E-state index in [0.29, 0.717) is 12.1 Å². The van der Waals surface area contributed by atoms with Gasteiger partial charge in [0.25, 0.3) is 0 Å². The molecule has 21 heavy (non-hydrogen) atoms. The Morgan fingerprint density at radius 2 is 1.95 bits per heavy atom. The van der Waals surface area contributed by atoms with Gasteiger partial charge in [0.05, 0.1) is 0 Å². The molecule has 120 valence electrons. The van der Waals surface area contributed by atoms with Crippen LogP contribution in [0.1, 0.15) is 32.6 Å². The summed E-state index contributed by atoms with van der Waals surface area (Å²) in [5, 5.41) is 9.11. The lowest BCUT2D eigenvalue weighted by molar-refractivity contribution is -0.227. The third-order valence-corrected chi connectivity index (χ3v) is 5.38. The fraction of sp³-hybridized carbons (Fsp3) is 0.929. The largest absolute Gasteiger partial charge is 0.481 e. The maximum absolute atomic E-state index is 13.2. The summed E-state index contributed by atoms with van der Waals surface area (Å²) in [4.78, 5) is 15.3. The van der Waals surface area contributed by atoms with E-state index in [9.17, 15) is 18.0 Å². The number of rotatable bonds is 3. The van der Waals surface area contributed by atoms with Crippen LogP contribution in [0.3, 0.4) is 0 Å². The molecule has 0 aromatic heterocycles. The number of halogens is 3. The van der Waals surface area contributed by atoms with E-state index >= 15 is 0 Å². The molecular formula is C14H21F3N2O2. The molecule has 3 aliphatic rings. The topological polar surface area (TPSA) is 43.8 Å². The van der Waals surface area contributed by atoms with Crippen LogP contribution in [0.25, 0.3) is 0 Å². The second-order valence-electron chi connectivity index (χ2n) is 6.77. The summed E-state index contributed by atoms with van der Waals surface area (Å²) < 4.78 is 39.6. The molecule has 0 bridgehead atoms. The van der Waals surface area contributed by atoms with Crippen LogP contribution in [-0.4, -0.2) is 64.8 Å². The lowest BCUT2D eigenvalue weighted by atomic mass is 9.86. The van der Waals surface area contributed by atoms with Gasteiger partial charge in [-0.05, 0) is 32.6 Å². The summed E-state index contributed by atoms with van der Waals surface area (Å²) in [5.74, 6) is -1.73. The monoisotopic (exact) mass is 306 g/mol. The summed E-state index contributed by atoms with van der Waals surface area (Å²) in [5.41, 5.74) is -2.58. The van der Waals surface area contributed by atoms with Crippen LogP contribution in [0.4, 0.5) is 13.2 Å². The smallest absolute Gasteiger partial charge is 0.406 e. The molecule has 2 saturated heterocycles. The van der Waals surface area contributed by atoms with Gasteiger partial charge < -0.3 is 5.11 Å². The molecule has 3 atom stereocenters. The van der Waals surface area contributed by atoms with Crippen molar-refractivity contribution in [2.24, 2.45) is 5.41 Å². The molecule has 0 radical (unpaired) electrons. The number of carbonyl (C=O) groups is 1. The number of carboxylic acid groups (broad SMARTS) is 1. The molecule has 3 fully saturated rings. The SMILES string of the molecule is CC1CC(N2CCC(C(=O)O)(C(F)(F)F)C2)CN1C1CC1. The van der Waals surface area contributed by atoms with Crippen molar-refractivity contribution in [1.29, 1.82) is 0 Å². The molecular weight excluding hydrogens is 285 g/mol. The Morgan fingerprint density at radius 1 is 1.29 bits per heavy atom. The minimum atomic E-state index is -4.69. The summed E-state index contributed by atoms with van der Waals surface area (Å²) in [7, 11) is 0. The Morgan fingerprint density at radius 3 is 2.43 bits per heavy atom. The fourth-order valence-electron chi connectivity index (χ4n) is 3.88. The normalized spacial score (nSPS) is 39.0. The van der Waals surface area contributed by atoms with Crippen molar-refractivity contribution in [2.75, 3.05) is 19.6 Å². The Kier molecular flexibility index (Phi) is 3.48. The molecule has 1 saturated carbocycles. The predicted molar refractivity (Wildman–Crippen MR) is 69.9 cm³/mol. The van der Waals surface area contributed by atoms with E-state index in [1.165, 1.54) is 12.8 Å². The number of likely N-dealkylation sites (tertiary alicyclic amines) is 2. The highest BCUT2D eigenvalue weighted by Gasteiger charge is 2.64. The van der Waals surface area contributed by atoms with Crippen molar-refractivity contribution in [2.45, 2.75) is 56.9 Å². The maximum Gasteiger partial charge on any atom is 0.406 e. The number of hydrogen-bond acceptors (Lipinski definition) is 3. The van der Waals surface area contributed by atoms with Gasteiger partial charge in [-0.3, -0.25) is 14.6 Å². The first kappa shape index (κ1) is 15.1. The molecule has 0 aromatic rings. The second kappa shape index (κ2) is 4.84. The van der Waals surface area contributed by atoms with Crippen molar-refractivity contribution in [3.63, 3.8) is 0 Å². The molecule has 0 aromatic carbocycles. The van der Waals surface area contributed by atoms with Crippen LogP contribution in [-0.2, 0) is 4.79 Å². The molecule has 4 nitrogen and oxygen atoms in total. The van der Waals surface area contributed by atoms with Gasteiger partial charge in [-0.2, -0.15) is 13.2 Å². The van der Waals surface area contributed by atoms with E-state index in [-0.39, 0.29) is 19.0 Å². The van der Waals surface area contributed by atoms with Crippen molar-refractivity contribution in [1.82, 2.24) is 9.80 Å². The van der Waals surface area contributed by atoms with Crippen molar-refractivity contribution in [3.8, 4) is 0 Å². The van der Waals surface area contributed by atoms with Crippen LogP contribution in [0.15, 0.2) is 0 Å². The average molecular weight is 306 g/mol. The summed E-state index contributed by atoms with van der Waals surface area (Å²) in [6.07, 6.45) is -1.82. The first-order valence-corrected chi connectivity index (χ1v) is 7.54. The zero-order chi connectivity index (χ0) is 15.4. The summed E-state index contributed by atoms with van der Waals surface area (Å²) >= 11 is 0. The molecule has 2 aliphatic heterocycles. The molecule has 1 N–H and O–H groups in total. The molecule has 3 unspecified atom stereocenters. The average Bonchev–Trinajstić information content (AvgIpc) is 2.97. The van der Waals surface area contributed by atoms with Crippen LogP contribution in [0.5, 0.6) is 0 Å². The highest BCUT2D eigenvalue weighted by atomic mass is 19.4. The van der Waals surface area contributed by atoms with Gasteiger partial charge in [0.1, 0.15) is 0 Å². The Balaban J connectivity index is 1.70. The van der Waals surface area contributed by atoms with Gasteiger partial charge in [-0.25, -0.2) is 0 Å². The quantitative estimate of drug-likeness (QED) is 0.865. The number of alkyl halides is 3. The van der Waals surface area contributed by atoms with E-state index in [0.717, 1.165) is 13.0 Å². The Bertz CT molecular complexity index is 438. The van der Waals surface area contributed by atoms with E-state index < -0.39 is 24.1 Å². The Labute approximate surface area is 121 Å². The van der Waals surface area contributed by atoms with E-state index in [1.807, 2.05) is 0 Å². The maximum atomic E-state index is 13.2. The fourth-order valence-corrected chi connectivity index (χ4v) is 3.88.